The van der Waals surface area contributed by atoms with Crippen molar-refractivity contribution < 1.29 is 19.8 Å². The lowest BCUT2D eigenvalue weighted by molar-refractivity contribution is 0.0696. The van der Waals surface area contributed by atoms with Gasteiger partial charge in [0, 0.05) is 12.2 Å². The second-order valence-electron chi connectivity index (χ2n) is 3.83. The summed E-state index contributed by atoms with van der Waals surface area (Å²) < 4.78 is 7.61. The number of aliphatic hydroxyl groups is 1. The maximum absolute atomic E-state index is 12.2. The Morgan fingerprint density at radius 3 is 2.45 bits per heavy atom. The van der Waals surface area contributed by atoms with Crippen molar-refractivity contribution in [1.29, 1.82) is 0 Å². The molecule has 0 radical (unpaired) electrons. The van der Waals surface area contributed by atoms with Crippen LogP contribution in [0.4, 0.5) is 5.69 Å². The summed E-state index contributed by atoms with van der Waals surface area (Å²) in [6.45, 7) is -0.132. The van der Waals surface area contributed by atoms with Gasteiger partial charge in [0.25, 0.3) is 5.91 Å². The Morgan fingerprint density at radius 2 is 1.95 bits per heavy atom. The van der Waals surface area contributed by atoms with Crippen molar-refractivity contribution in [3.05, 3.63) is 41.7 Å². The highest BCUT2D eigenvalue weighted by Gasteiger charge is 2.19. The van der Waals surface area contributed by atoms with Crippen LogP contribution in [0.2, 0.25) is 0 Å². The van der Waals surface area contributed by atoms with Crippen LogP contribution in [0.5, 0.6) is 0 Å². The molecule has 2 aromatic rings. The van der Waals surface area contributed by atoms with E-state index in [0.29, 0.717) is 5.69 Å². The first-order chi connectivity index (χ1) is 9.63. The summed E-state index contributed by atoms with van der Waals surface area (Å²) in [4.78, 5) is 24.3. The number of carbonyl (C=O) groups excluding carboxylic acids is 1. The van der Waals surface area contributed by atoms with Crippen LogP contribution >= 0.6 is 11.7 Å². The van der Waals surface area contributed by atoms with Crippen LogP contribution in [0.3, 0.4) is 0 Å². The van der Waals surface area contributed by atoms with Crippen molar-refractivity contribution in [2.45, 2.75) is 0 Å². The first-order valence-corrected chi connectivity index (χ1v) is 6.40. The number of carboxylic acids is 1. The van der Waals surface area contributed by atoms with E-state index in [4.69, 9.17) is 10.2 Å². The van der Waals surface area contributed by atoms with Gasteiger partial charge in [-0.15, -0.1) is 0 Å². The van der Waals surface area contributed by atoms with E-state index in [-0.39, 0.29) is 24.4 Å². The van der Waals surface area contributed by atoms with Crippen molar-refractivity contribution in [3.8, 4) is 0 Å². The Morgan fingerprint density at radius 1 is 1.25 bits per heavy atom. The SMILES string of the molecule is O=C(O)c1ccc(N(CCO)C(=O)c2cnsn2)cc1. The number of carbonyl (C=O) groups is 2. The van der Waals surface area contributed by atoms with Gasteiger partial charge in [-0.2, -0.15) is 8.75 Å². The Bertz CT molecular complexity index is 598. The van der Waals surface area contributed by atoms with Crippen molar-refractivity contribution in [2.75, 3.05) is 18.1 Å². The molecule has 2 N–H and O–H groups in total. The van der Waals surface area contributed by atoms with Crippen LogP contribution in [0, 0.1) is 0 Å². The monoisotopic (exact) mass is 293 g/mol. The molecule has 0 aliphatic rings. The van der Waals surface area contributed by atoms with E-state index in [1.54, 1.807) is 0 Å². The first kappa shape index (κ1) is 14.1. The molecule has 104 valence electrons. The van der Waals surface area contributed by atoms with Gasteiger partial charge in [-0.1, -0.05) is 0 Å². The largest absolute Gasteiger partial charge is 0.478 e. The predicted molar refractivity (Wildman–Crippen MR) is 72.1 cm³/mol. The van der Waals surface area contributed by atoms with Gasteiger partial charge in [0.05, 0.1) is 30.1 Å². The van der Waals surface area contributed by atoms with Gasteiger partial charge in [-0.05, 0) is 24.3 Å². The molecule has 0 fully saturated rings. The average Bonchev–Trinajstić information content (AvgIpc) is 2.98. The van der Waals surface area contributed by atoms with Crippen LogP contribution < -0.4 is 4.90 Å². The second kappa shape index (κ2) is 6.22. The van der Waals surface area contributed by atoms with Crippen molar-refractivity contribution in [1.82, 2.24) is 8.75 Å². The van der Waals surface area contributed by atoms with Gasteiger partial charge >= 0.3 is 5.97 Å². The number of hydrogen-bond donors (Lipinski definition) is 2. The molecular weight excluding hydrogens is 282 g/mol. The van der Waals surface area contributed by atoms with Crippen molar-refractivity contribution >= 4 is 29.3 Å². The fraction of sp³-hybridized carbons (Fsp3) is 0.167. The Balaban J connectivity index is 2.28. The molecule has 1 aromatic carbocycles. The maximum atomic E-state index is 12.2. The average molecular weight is 293 g/mol. The van der Waals surface area contributed by atoms with Gasteiger partial charge < -0.3 is 15.1 Å². The van der Waals surface area contributed by atoms with E-state index in [0.717, 1.165) is 11.7 Å². The Hall–Kier alpha value is -2.32. The Labute approximate surface area is 118 Å². The molecule has 7 nitrogen and oxygen atoms in total. The summed E-state index contributed by atoms with van der Waals surface area (Å²) in [7, 11) is 0. The predicted octanol–water partition coefficient (Wildman–Crippen LogP) is 0.875. The minimum Gasteiger partial charge on any atom is -0.478 e. The second-order valence-corrected chi connectivity index (χ2v) is 4.38. The topological polar surface area (TPSA) is 104 Å². The number of hydrogen-bond acceptors (Lipinski definition) is 6. The number of rotatable bonds is 5. The van der Waals surface area contributed by atoms with Crippen LogP contribution in [0.25, 0.3) is 0 Å². The smallest absolute Gasteiger partial charge is 0.335 e. The van der Waals surface area contributed by atoms with E-state index >= 15 is 0 Å². The van der Waals surface area contributed by atoms with Crippen LogP contribution in [0.1, 0.15) is 20.8 Å². The summed E-state index contributed by atoms with van der Waals surface area (Å²) in [5.74, 6) is -1.43. The molecule has 0 saturated carbocycles. The zero-order chi connectivity index (χ0) is 14.5. The lowest BCUT2D eigenvalue weighted by atomic mass is 10.2. The third-order valence-electron chi connectivity index (χ3n) is 2.58. The van der Waals surface area contributed by atoms with Gasteiger partial charge in [0.2, 0.25) is 0 Å². The fourth-order valence-corrected chi connectivity index (χ4v) is 2.04. The molecule has 1 amide bonds. The lowest BCUT2D eigenvalue weighted by Crippen LogP contribution is -2.33. The molecule has 0 bridgehead atoms. The highest BCUT2D eigenvalue weighted by atomic mass is 32.1. The van der Waals surface area contributed by atoms with E-state index in [9.17, 15) is 9.59 Å². The maximum Gasteiger partial charge on any atom is 0.335 e. The molecule has 2 rings (SSSR count). The first-order valence-electron chi connectivity index (χ1n) is 5.67. The van der Waals surface area contributed by atoms with Crippen molar-refractivity contribution in [3.63, 3.8) is 0 Å². The number of amides is 1. The number of aliphatic hydroxyl groups excluding tert-OH is 1. The van der Waals surface area contributed by atoms with E-state index in [2.05, 4.69) is 8.75 Å². The van der Waals surface area contributed by atoms with Crippen LogP contribution in [-0.4, -0.2) is 44.0 Å². The van der Waals surface area contributed by atoms with Gasteiger partial charge in [-0.25, -0.2) is 4.79 Å². The van der Waals surface area contributed by atoms with E-state index in [1.807, 2.05) is 0 Å². The molecule has 0 aliphatic heterocycles. The summed E-state index contributed by atoms with van der Waals surface area (Å²) >= 11 is 0.917. The lowest BCUT2D eigenvalue weighted by Gasteiger charge is -2.20. The number of aromatic carboxylic acids is 1. The molecule has 0 saturated heterocycles. The quantitative estimate of drug-likeness (QED) is 0.848. The third-order valence-corrected chi connectivity index (χ3v) is 3.05. The minimum atomic E-state index is -1.04. The van der Waals surface area contributed by atoms with Crippen LogP contribution in [-0.2, 0) is 0 Å². The number of nitrogens with zero attached hydrogens (tertiary/aromatic N) is 3. The normalized spacial score (nSPS) is 10.2. The zero-order valence-corrected chi connectivity index (χ0v) is 11.1. The van der Waals surface area contributed by atoms with E-state index < -0.39 is 11.9 Å². The molecule has 1 aromatic heterocycles. The number of anilines is 1. The molecule has 1 heterocycles. The summed E-state index contributed by atoms with van der Waals surface area (Å²) in [6.07, 6.45) is 1.35. The van der Waals surface area contributed by atoms with E-state index in [1.165, 1.54) is 35.4 Å². The highest BCUT2D eigenvalue weighted by Crippen LogP contribution is 2.17. The summed E-state index contributed by atoms with van der Waals surface area (Å²) in [5, 5.41) is 17.9. The third kappa shape index (κ3) is 2.98. The fourth-order valence-electron chi connectivity index (χ4n) is 1.63. The minimum absolute atomic E-state index is 0.0861. The molecule has 0 atom stereocenters. The standard InChI is InChI=1S/C12H11N3O4S/c16-6-5-15(11(17)10-7-13-20-14-10)9-3-1-8(2-4-9)12(18)19/h1-4,7,16H,5-6H2,(H,18,19). The number of benzene rings is 1. The number of aromatic nitrogens is 2. The molecule has 0 spiro atoms. The van der Waals surface area contributed by atoms with Crippen LogP contribution in [0.15, 0.2) is 30.5 Å². The molecule has 20 heavy (non-hydrogen) atoms. The zero-order valence-electron chi connectivity index (χ0n) is 10.3. The molecule has 0 aliphatic carbocycles. The molecular formula is C12H11N3O4S. The number of carboxylic acid groups (broad SMARTS) is 1. The molecule has 8 heteroatoms. The summed E-state index contributed by atoms with van der Waals surface area (Å²) in [6, 6.07) is 5.82. The van der Waals surface area contributed by atoms with Crippen molar-refractivity contribution in [2.24, 2.45) is 0 Å². The molecule has 0 unspecified atom stereocenters. The van der Waals surface area contributed by atoms with Gasteiger partial charge in [-0.3, -0.25) is 4.79 Å². The Kier molecular flexibility index (Phi) is 4.38. The van der Waals surface area contributed by atoms with Gasteiger partial charge in [0.1, 0.15) is 0 Å². The highest BCUT2D eigenvalue weighted by molar-refractivity contribution is 6.99. The van der Waals surface area contributed by atoms with Gasteiger partial charge in [0.15, 0.2) is 5.69 Å². The summed E-state index contributed by atoms with van der Waals surface area (Å²) in [5.41, 5.74) is 0.799.